The summed E-state index contributed by atoms with van der Waals surface area (Å²) in [5.74, 6) is 0.795. The molecular formula is C18H26Br. The normalized spacial score (nSPS) is 18.9. The van der Waals surface area contributed by atoms with Crippen LogP contribution in [0.3, 0.4) is 0 Å². The highest BCUT2D eigenvalue weighted by atomic mass is 79.9. The molecule has 0 aliphatic heterocycles. The third kappa shape index (κ3) is 3.62. The first-order valence-electron chi connectivity index (χ1n) is 7.76. The molecule has 1 atom stereocenters. The third-order valence-corrected chi connectivity index (χ3v) is 5.35. The average molecular weight is 322 g/mol. The second-order valence-electron chi connectivity index (χ2n) is 6.08. The van der Waals surface area contributed by atoms with Crippen molar-refractivity contribution in [3.05, 3.63) is 40.7 Å². The highest BCUT2D eigenvalue weighted by Gasteiger charge is 2.39. The zero-order valence-corrected chi connectivity index (χ0v) is 13.9. The molecule has 0 aromatic heterocycles. The van der Waals surface area contributed by atoms with Crippen LogP contribution in [0, 0.1) is 12.3 Å². The minimum absolute atomic E-state index is 0.478. The minimum Gasteiger partial charge on any atom is -0.0654 e. The summed E-state index contributed by atoms with van der Waals surface area (Å²) in [5, 5.41) is 0. The van der Waals surface area contributed by atoms with Crippen molar-refractivity contribution in [2.24, 2.45) is 5.92 Å². The van der Waals surface area contributed by atoms with E-state index in [0.717, 1.165) is 5.92 Å². The summed E-state index contributed by atoms with van der Waals surface area (Å²) in [5.41, 5.74) is 2.04. The Morgan fingerprint density at radius 1 is 1.26 bits per heavy atom. The second-order valence-corrected chi connectivity index (χ2v) is 7.00. The number of hydrogen-bond acceptors (Lipinski definition) is 0. The molecule has 1 heteroatoms. The number of hydrogen-bond donors (Lipinski definition) is 0. The van der Waals surface area contributed by atoms with E-state index < -0.39 is 0 Å². The lowest BCUT2D eigenvalue weighted by atomic mass is 9.60. The summed E-state index contributed by atoms with van der Waals surface area (Å²) in [6.45, 7) is 4.54. The monoisotopic (exact) mass is 321 g/mol. The number of benzene rings is 1. The van der Waals surface area contributed by atoms with Crippen molar-refractivity contribution in [1.82, 2.24) is 0 Å². The van der Waals surface area contributed by atoms with Crippen LogP contribution in [0.15, 0.2) is 28.7 Å². The van der Waals surface area contributed by atoms with E-state index >= 15 is 0 Å². The predicted molar refractivity (Wildman–Crippen MR) is 87.3 cm³/mol. The lowest BCUT2D eigenvalue weighted by Crippen LogP contribution is -2.36. The van der Waals surface area contributed by atoms with Gasteiger partial charge in [0, 0.05) is 4.47 Å². The van der Waals surface area contributed by atoms with Gasteiger partial charge in [0.1, 0.15) is 0 Å². The quantitative estimate of drug-likeness (QED) is 0.553. The van der Waals surface area contributed by atoms with Crippen molar-refractivity contribution in [3.63, 3.8) is 0 Å². The Hall–Kier alpha value is -0.300. The molecule has 0 heterocycles. The lowest BCUT2D eigenvalue weighted by molar-refractivity contribution is 0.193. The van der Waals surface area contributed by atoms with Crippen LogP contribution in [0.5, 0.6) is 0 Å². The van der Waals surface area contributed by atoms with E-state index in [1.807, 2.05) is 0 Å². The zero-order chi connectivity index (χ0) is 13.7. The molecule has 0 bridgehead atoms. The summed E-state index contributed by atoms with van der Waals surface area (Å²) in [6.07, 6.45) is 12.0. The van der Waals surface area contributed by atoms with Crippen molar-refractivity contribution in [1.29, 1.82) is 0 Å². The van der Waals surface area contributed by atoms with Crippen molar-refractivity contribution >= 4 is 15.9 Å². The van der Waals surface area contributed by atoms with Gasteiger partial charge in [-0.1, -0.05) is 67.6 Å². The van der Waals surface area contributed by atoms with E-state index in [-0.39, 0.29) is 0 Å². The maximum Gasteiger partial charge on any atom is 0.0175 e. The van der Waals surface area contributed by atoms with Gasteiger partial charge in [-0.15, -0.1) is 0 Å². The van der Waals surface area contributed by atoms with Crippen LogP contribution in [0.4, 0.5) is 0 Å². The average Bonchev–Trinajstić information content (AvgIpc) is 2.39. The van der Waals surface area contributed by atoms with Gasteiger partial charge >= 0.3 is 0 Å². The highest BCUT2D eigenvalue weighted by Crippen LogP contribution is 2.49. The van der Waals surface area contributed by atoms with E-state index in [0.29, 0.717) is 5.41 Å². The molecule has 1 radical (unpaired) electrons. The van der Waals surface area contributed by atoms with Gasteiger partial charge < -0.3 is 0 Å². The van der Waals surface area contributed by atoms with Crippen LogP contribution in [-0.2, 0) is 5.41 Å². The Morgan fingerprint density at radius 3 is 2.42 bits per heavy atom. The van der Waals surface area contributed by atoms with E-state index in [1.54, 1.807) is 5.56 Å². The molecule has 19 heavy (non-hydrogen) atoms. The number of rotatable bonds is 7. The minimum atomic E-state index is 0.478. The van der Waals surface area contributed by atoms with E-state index in [9.17, 15) is 0 Å². The van der Waals surface area contributed by atoms with Crippen LogP contribution in [-0.4, -0.2) is 0 Å². The van der Waals surface area contributed by atoms with E-state index in [2.05, 4.69) is 60.5 Å². The molecular weight excluding hydrogens is 296 g/mol. The number of halogens is 1. The molecule has 0 saturated heterocycles. The topological polar surface area (TPSA) is 0 Å². The van der Waals surface area contributed by atoms with Gasteiger partial charge in [0.15, 0.2) is 0 Å². The van der Waals surface area contributed by atoms with Gasteiger partial charge in [-0.2, -0.15) is 0 Å². The predicted octanol–water partition coefficient (Wildman–Crippen LogP) is 6.29. The maximum atomic E-state index is 3.54. The highest BCUT2D eigenvalue weighted by molar-refractivity contribution is 9.10. The summed E-state index contributed by atoms with van der Waals surface area (Å²) < 4.78 is 1.19. The first-order chi connectivity index (χ1) is 9.20. The molecule has 1 aliphatic carbocycles. The van der Waals surface area contributed by atoms with Gasteiger partial charge in [0.05, 0.1) is 0 Å². The molecule has 1 aromatic carbocycles. The van der Waals surface area contributed by atoms with Crippen LogP contribution >= 0.6 is 15.9 Å². The first-order valence-corrected chi connectivity index (χ1v) is 8.55. The van der Waals surface area contributed by atoms with Gasteiger partial charge in [-0.3, -0.25) is 0 Å². The Morgan fingerprint density at radius 2 is 1.95 bits per heavy atom. The molecule has 1 aromatic rings. The fourth-order valence-electron chi connectivity index (χ4n) is 3.37. The first kappa shape index (κ1) is 15.1. The van der Waals surface area contributed by atoms with Crippen LogP contribution in [0.1, 0.15) is 64.4 Å². The van der Waals surface area contributed by atoms with E-state index in [4.69, 9.17) is 0 Å². The summed E-state index contributed by atoms with van der Waals surface area (Å²) >= 11 is 3.54. The van der Waals surface area contributed by atoms with Crippen molar-refractivity contribution < 1.29 is 0 Å². The summed E-state index contributed by atoms with van der Waals surface area (Å²) in [4.78, 5) is 0. The molecule has 0 amide bonds. The molecule has 2 rings (SSSR count). The van der Waals surface area contributed by atoms with E-state index in [1.165, 1.54) is 49.4 Å². The van der Waals surface area contributed by atoms with Gasteiger partial charge in [-0.05, 0) is 54.7 Å². The zero-order valence-electron chi connectivity index (χ0n) is 12.3. The largest absolute Gasteiger partial charge is 0.0654 e. The molecule has 1 aliphatic rings. The number of unbranched alkanes of at least 4 members (excludes halogenated alkanes) is 1. The van der Waals surface area contributed by atoms with Gasteiger partial charge in [-0.25, -0.2) is 0 Å². The summed E-state index contributed by atoms with van der Waals surface area (Å²) in [7, 11) is 0. The molecule has 105 valence electrons. The molecule has 1 fully saturated rings. The Balaban J connectivity index is 2.07. The Kier molecular flexibility index (Phi) is 5.50. The van der Waals surface area contributed by atoms with Crippen molar-refractivity contribution in [3.8, 4) is 0 Å². The third-order valence-electron chi connectivity index (χ3n) is 4.82. The molecule has 0 nitrogen and oxygen atoms in total. The fraction of sp³-hybridized carbons (Fsp3) is 0.611. The smallest absolute Gasteiger partial charge is 0.0175 e. The standard InChI is InChI=1S/C18H26Br/c1-3-5-7-15(4-2)14-18(12-6-13-18)16-8-10-17(19)11-9-16/h4,8-11,15H,3,5-7,12-14H2,1-2H3. The Labute approximate surface area is 127 Å². The SMILES string of the molecule is C[CH]C(CCCC)CC1(c2ccc(Br)cc2)CCC1. The molecule has 0 spiro atoms. The Bertz CT molecular complexity index is 375. The fourth-order valence-corrected chi connectivity index (χ4v) is 3.64. The van der Waals surface area contributed by atoms with Crippen molar-refractivity contribution in [2.45, 2.75) is 64.2 Å². The van der Waals surface area contributed by atoms with Crippen LogP contribution in [0.25, 0.3) is 0 Å². The molecule has 0 N–H and O–H groups in total. The van der Waals surface area contributed by atoms with Crippen molar-refractivity contribution in [2.75, 3.05) is 0 Å². The molecule has 1 unspecified atom stereocenters. The van der Waals surface area contributed by atoms with Gasteiger partial charge in [0.2, 0.25) is 0 Å². The maximum absolute atomic E-state index is 3.54. The lowest BCUT2D eigenvalue weighted by Gasteiger charge is -2.45. The van der Waals surface area contributed by atoms with Crippen LogP contribution in [0.2, 0.25) is 0 Å². The second kappa shape index (κ2) is 6.92. The van der Waals surface area contributed by atoms with Gasteiger partial charge in [0.25, 0.3) is 0 Å². The molecule has 1 saturated carbocycles. The van der Waals surface area contributed by atoms with Crippen LogP contribution < -0.4 is 0 Å². The summed E-state index contributed by atoms with van der Waals surface area (Å²) in [6, 6.07) is 9.06.